The number of hydrogen-bond donors (Lipinski definition) is 1. The van der Waals surface area contributed by atoms with E-state index in [1.165, 1.54) is 7.05 Å². The molecule has 1 atom stereocenters. The van der Waals surface area contributed by atoms with E-state index in [4.69, 9.17) is 15.2 Å². The Bertz CT molecular complexity index is 994. The number of carbonyl (C=O) groups excluding carboxylic acids is 2. The molecule has 9 heteroatoms. The maximum absolute atomic E-state index is 12.6. The average Bonchev–Trinajstić information content (AvgIpc) is 2.72. The molecule has 29 heavy (non-hydrogen) atoms. The summed E-state index contributed by atoms with van der Waals surface area (Å²) in [5.41, 5.74) is 4.10. The first-order valence-electron chi connectivity index (χ1n) is 9.32. The average molecular weight is 403 g/mol. The van der Waals surface area contributed by atoms with Gasteiger partial charge in [-0.3, -0.25) is 18.7 Å². The fourth-order valence-electron chi connectivity index (χ4n) is 2.75. The monoisotopic (exact) mass is 403 g/mol. The molecule has 0 radical (unpaired) electrons. The van der Waals surface area contributed by atoms with Gasteiger partial charge in [-0.15, -0.1) is 0 Å². The number of anilines is 1. The second-order valence-electron chi connectivity index (χ2n) is 6.42. The van der Waals surface area contributed by atoms with Crippen molar-refractivity contribution in [3.63, 3.8) is 0 Å². The zero-order valence-electron chi connectivity index (χ0n) is 16.7. The first-order chi connectivity index (χ1) is 13.8. The zero-order chi connectivity index (χ0) is 21.6. The second kappa shape index (κ2) is 9.72. The van der Waals surface area contributed by atoms with Gasteiger partial charge < -0.3 is 15.2 Å². The Kier molecular flexibility index (Phi) is 7.35. The highest BCUT2D eigenvalue weighted by atomic mass is 16.6. The van der Waals surface area contributed by atoms with Crippen molar-refractivity contribution in [3.8, 4) is 5.75 Å². The minimum Gasteiger partial charge on any atom is -0.479 e. The van der Waals surface area contributed by atoms with E-state index >= 15 is 0 Å². The lowest BCUT2D eigenvalue weighted by atomic mass is 10.2. The molecule has 0 unspecified atom stereocenters. The molecular formula is C20H25N3O6. The largest absolute Gasteiger partial charge is 0.479 e. The molecule has 0 bridgehead atoms. The highest BCUT2D eigenvalue weighted by Gasteiger charge is 2.25. The molecule has 1 heterocycles. The number of para-hydroxylation sites is 1. The fourth-order valence-corrected chi connectivity index (χ4v) is 2.75. The van der Waals surface area contributed by atoms with Crippen LogP contribution in [0, 0.1) is 0 Å². The Labute approximate surface area is 167 Å². The molecule has 0 spiro atoms. The van der Waals surface area contributed by atoms with Gasteiger partial charge in [0.25, 0.3) is 5.56 Å². The molecule has 0 aliphatic heterocycles. The van der Waals surface area contributed by atoms with Crippen LogP contribution in [-0.4, -0.2) is 33.6 Å². The summed E-state index contributed by atoms with van der Waals surface area (Å²) < 4.78 is 12.6. The van der Waals surface area contributed by atoms with Gasteiger partial charge in [-0.2, -0.15) is 0 Å². The van der Waals surface area contributed by atoms with Crippen LogP contribution < -0.4 is 21.7 Å². The Morgan fingerprint density at radius 3 is 2.38 bits per heavy atom. The number of benzene rings is 1. The van der Waals surface area contributed by atoms with Gasteiger partial charge in [-0.05, 0) is 25.0 Å². The fraction of sp³-hybridized carbons (Fsp3) is 0.400. The number of Topliss-reactive ketones (excluding diaryl/α,β-unsaturated/α-hetero) is 1. The number of ether oxygens (including phenoxy) is 2. The highest BCUT2D eigenvalue weighted by molar-refractivity contribution is 6.01. The van der Waals surface area contributed by atoms with Crippen molar-refractivity contribution < 1.29 is 19.1 Å². The van der Waals surface area contributed by atoms with Crippen LogP contribution in [-0.2, 0) is 23.1 Å². The third-order valence-electron chi connectivity index (χ3n) is 4.31. The standard InChI is InChI=1S/C20H25N3O6/c1-4-11-23-17(21)16(18(25)22(3)20(23)27)14(24)12-28-19(26)15(5-2)29-13-9-7-6-8-10-13/h6-10,15H,4-5,11-12,21H2,1-3H3/t15-/m1/s1. The van der Waals surface area contributed by atoms with Crippen molar-refractivity contribution in [3.05, 3.63) is 56.7 Å². The van der Waals surface area contributed by atoms with E-state index in [0.29, 0.717) is 18.6 Å². The van der Waals surface area contributed by atoms with Gasteiger partial charge in [0.05, 0.1) is 0 Å². The van der Waals surface area contributed by atoms with Gasteiger partial charge in [-0.25, -0.2) is 9.59 Å². The van der Waals surface area contributed by atoms with Gasteiger partial charge in [0.2, 0.25) is 5.78 Å². The first kappa shape index (κ1) is 21.9. The SMILES string of the molecule is CCCn1c(N)c(C(=O)COC(=O)[C@@H](CC)Oc2ccccc2)c(=O)n(C)c1=O. The molecule has 2 aromatic rings. The summed E-state index contributed by atoms with van der Waals surface area (Å²) in [4.78, 5) is 49.4. The van der Waals surface area contributed by atoms with Crippen LogP contribution in [0.15, 0.2) is 39.9 Å². The van der Waals surface area contributed by atoms with Gasteiger partial charge in [0.15, 0.2) is 12.7 Å². The quantitative estimate of drug-likeness (QED) is 0.492. The van der Waals surface area contributed by atoms with Crippen molar-refractivity contribution in [1.29, 1.82) is 0 Å². The lowest BCUT2D eigenvalue weighted by molar-refractivity contribution is -0.150. The predicted octanol–water partition coefficient (Wildman–Crippen LogP) is 1.12. The number of ketones is 1. The van der Waals surface area contributed by atoms with Crippen LogP contribution in [0.1, 0.15) is 37.0 Å². The van der Waals surface area contributed by atoms with Crippen LogP contribution in [0.3, 0.4) is 0 Å². The van der Waals surface area contributed by atoms with E-state index in [0.717, 1.165) is 9.13 Å². The molecule has 0 saturated heterocycles. The van der Waals surface area contributed by atoms with E-state index in [-0.39, 0.29) is 17.9 Å². The number of carbonyl (C=O) groups is 2. The van der Waals surface area contributed by atoms with E-state index in [2.05, 4.69) is 0 Å². The summed E-state index contributed by atoms with van der Waals surface area (Å²) in [6.07, 6.45) is 0.00654. The van der Waals surface area contributed by atoms with Crippen LogP contribution in [0.2, 0.25) is 0 Å². The lowest BCUT2D eigenvalue weighted by Crippen LogP contribution is -2.43. The summed E-state index contributed by atoms with van der Waals surface area (Å²) in [5, 5.41) is 0. The van der Waals surface area contributed by atoms with Crippen LogP contribution in [0.25, 0.3) is 0 Å². The van der Waals surface area contributed by atoms with Gasteiger partial charge in [0, 0.05) is 13.6 Å². The van der Waals surface area contributed by atoms with Crippen LogP contribution in [0.5, 0.6) is 5.75 Å². The number of nitrogens with two attached hydrogens (primary N) is 1. The molecule has 0 aliphatic rings. The molecular weight excluding hydrogens is 378 g/mol. The molecule has 0 amide bonds. The number of aromatic nitrogens is 2. The summed E-state index contributed by atoms with van der Waals surface area (Å²) in [7, 11) is 1.26. The molecule has 2 N–H and O–H groups in total. The van der Waals surface area contributed by atoms with Crippen LogP contribution in [0.4, 0.5) is 5.82 Å². The Morgan fingerprint density at radius 2 is 1.79 bits per heavy atom. The van der Waals surface area contributed by atoms with E-state index in [1.54, 1.807) is 31.2 Å². The third kappa shape index (κ3) is 4.92. The van der Waals surface area contributed by atoms with Gasteiger partial charge >= 0.3 is 11.7 Å². The summed E-state index contributed by atoms with van der Waals surface area (Å²) in [6, 6.07) is 8.74. The van der Waals surface area contributed by atoms with Gasteiger partial charge in [-0.1, -0.05) is 32.0 Å². The molecule has 1 aromatic heterocycles. The van der Waals surface area contributed by atoms with Crippen LogP contribution >= 0.6 is 0 Å². The number of nitrogen functional groups attached to an aromatic ring is 1. The normalized spacial score (nSPS) is 11.7. The lowest BCUT2D eigenvalue weighted by Gasteiger charge is -2.17. The van der Waals surface area contributed by atoms with E-state index in [1.807, 2.05) is 13.0 Å². The molecule has 1 aromatic carbocycles. The van der Waals surface area contributed by atoms with E-state index in [9.17, 15) is 19.2 Å². The molecule has 2 rings (SSSR count). The molecule has 0 aliphatic carbocycles. The van der Waals surface area contributed by atoms with Crippen molar-refractivity contribution >= 4 is 17.6 Å². The van der Waals surface area contributed by atoms with Crippen molar-refractivity contribution in [2.75, 3.05) is 12.3 Å². The summed E-state index contributed by atoms with van der Waals surface area (Å²) >= 11 is 0. The topological polar surface area (TPSA) is 123 Å². The second-order valence-corrected chi connectivity index (χ2v) is 6.42. The smallest absolute Gasteiger partial charge is 0.347 e. The Balaban J connectivity index is 2.17. The Morgan fingerprint density at radius 1 is 1.14 bits per heavy atom. The van der Waals surface area contributed by atoms with Crippen molar-refractivity contribution in [2.24, 2.45) is 7.05 Å². The molecule has 9 nitrogen and oxygen atoms in total. The molecule has 0 saturated carbocycles. The number of hydrogen-bond acceptors (Lipinski definition) is 7. The number of rotatable bonds is 9. The maximum atomic E-state index is 12.6. The van der Waals surface area contributed by atoms with E-state index < -0.39 is 35.7 Å². The number of nitrogens with zero attached hydrogens (tertiary/aromatic N) is 2. The van der Waals surface area contributed by atoms with Crippen molar-refractivity contribution in [2.45, 2.75) is 39.3 Å². The molecule has 0 fully saturated rings. The Hall–Kier alpha value is -3.36. The minimum absolute atomic E-state index is 0.228. The third-order valence-corrected chi connectivity index (χ3v) is 4.31. The van der Waals surface area contributed by atoms with Crippen molar-refractivity contribution in [1.82, 2.24) is 9.13 Å². The molecule has 156 valence electrons. The first-order valence-corrected chi connectivity index (χ1v) is 9.32. The minimum atomic E-state index is -0.903. The van der Waals surface area contributed by atoms with Gasteiger partial charge in [0.1, 0.15) is 17.1 Å². The predicted molar refractivity (Wildman–Crippen MR) is 107 cm³/mol. The number of esters is 1. The summed E-state index contributed by atoms with van der Waals surface area (Å²) in [6.45, 7) is 3.14. The summed E-state index contributed by atoms with van der Waals surface area (Å²) in [5.74, 6) is -1.25. The highest BCUT2D eigenvalue weighted by Crippen LogP contribution is 2.14. The zero-order valence-corrected chi connectivity index (χ0v) is 16.7. The maximum Gasteiger partial charge on any atom is 0.347 e.